The number of benzene rings is 1. The Morgan fingerprint density at radius 3 is 2.10 bits per heavy atom. The molecule has 0 fully saturated rings. The van der Waals surface area contributed by atoms with Gasteiger partial charge in [-0.3, -0.25) is 0 Å². The summed E-state index contributed by atoms with van der Waals surface area (Å²) in [5.74, 6) is -2.04. The van der Waals surface area contributed by atoms with E-state index in [1.807, 2.05) is 19.9 Å². The van der Waals surface area contributed by atoms with Gasteiger partial charge in [0.1, 0.15) is 5.75 Å². The van der Waals surface area contributed by atoms with Gasteiger partial charge in [-0.25, -0.2) is 4.79 Å². The number of halogens is 3. The van der Waals surface area contributed by atoms with Crippen molar-refractivity contribution in [2.75, 3.05) is 0 Å². The van der Waals surface area contributed by atoms with Gasteiger partial charge in [-0.05, 0) is 44.0 Å². The normalized spacial score (nSPS) is 14.6. The number of carbonyl (C=O) groups excluding carboxylic acids is 1. The molecule has 112 valence electrons. The summed E-state index contributed by atoms with van der Waals surface area (Å²) in [6.07, 6.45) is -6.59. The first-order chi connectivity index (χ1) is 9.09. The molecule has 0 saturated heterocycles. The van der Waals surface area contributed by atoms with Crippen molar-refractivity contribution in [2.24, 2.45) is 5.73 Å². The number of rotatable bonds is 4. The molecule has 2 N–H and O–H groups in total. The summed E-state index contributed by atoms with van der Waals surface area (Å²) in [6, 6.07) is 4.19. The average Bonchev–Trinajstić information content (AvgIpc) is 2.24. The first kappa shape index (κ1) is 16.3. The van der Waals surface area contributed by atoms with Crippen LogP contribution in [0, 0.1) is 13.8 Å². The van der Waals surface area contributed by atoms with Crippen molar-refractivity contribution < 1.29 is 27.4 Å². The zero-order chi connectivity index (χ0) is 15.5. The lowest BCUT2D eigenvalue weighted by Gasteiger charge is -2.23. The van der Waals surface area contributed by atoms with E-state index in [4.69, 9.17) is 10.5 Å². The number of hydrogen-bond donors (Lipinski definition) is 1. The third kappa shape index (κ3) is 4.73. The van der Waals surface area contributed by atoms with Crippen LogP contribution in [0.2, 0.25) is 0 Å². The lowest BCUT2D eigenvalue weighted by Crippen LogP contribution is -2.43. The van der Waals surface area contributed by atoms with Crippen LogP contribution in [0.1, 0.15) is 18.1 Å². The number of nitrogens with two attached hydrogens (primary N) is 1. The van der Waals surface area contributed by atoms with Gasteiger partial charge in [-0.15, -0.1) is 0 Å². The van der Waals surface area contributed by atoms with E-state index in [1.165, 1.54) is 6.92 Å². The second kappa shape index (κ2) is 6.13. The molecule has 0 aliphatic rings. The topological polar surface area (TPSA) is 61.5 Å². The number of carbonyl (C=O) groups is 1. The number of hydrogen-bond acceptors (Lipinski definition) is 4. The first-order valence-electron chi connectivity index (χ1n) is 5.88. The summed E-state index contributed by atoms with van der Waals surface area (Å²) >= 11 is 0. The van der Waals surface area contributed by atoms with E-state index in [9.17, 15) is 18.0 Å². The summed E-state index contributed by atoms with van der Waals surface area (Å²) in [4.78, 5) is 10.8. The highest BCUT2D eigenvalue weighted by Crippen LogP contribution is 2.22. The van der Waals surface area contributed by atoms with E-state index in [0.717, 1.165) is 11.1 Å². The van der Waals surface area contributed by atoms with Crippen LogP contribution in [0.25, 0.3) is 0 Å². The Balaban J connectivity index is 2.85. The Bertz CT molecular complexity index is 466. The third-order valence-corrected chi connectivity index (χ3v) is 2.33. The van der Waals surface area contributed by atoms with Gasteiger partial charge in [0, 0.05) is 0 Å². The molecule has 0 radical (unpaired) electrons. The monoisotopic (exact) mass is 291 g/mol. The number of alkyl halides is 3. The molecule has 1 aromatic rings. The summed E-state index contributed by atoms with van der Waals surface area (Å²) in [5.41, 5.74) is 7.22. The largest absolute Gasteiger partial charge is 0.491 e. The van der Waals surface area contributed by atoms with Crippen LogP contribution in [-0.4, -0.2) is 24.5 Å². The van der Waals surface area contributed by atoms with Crippen molar-refractivity contribution in [3.05, 3.63) is 29.3 Å². The Kier molecular flexibility index (Phi) is 4.99. The van der Waals surface area contributed by atoms with Crippen molar-refractivity contribution in [2.45, 2.75) is 39.3 Å². The maximum Gasteiger partial charge on any atom is 0.491 e. The molecule has 20 heavy (non-hydrogen) atoms. The molecule has 7 heteroatoms. The maximum absolute atomic E-state index is 12.2. The molecular formula is C13H16F3NO3. The van der Waals surface area contributed by atoms with E-state index < -0.39 is 24.5 Å². The van der Waals surface area contributed by atoms with Gasteiger partial charge in [-0.1, -0.05) is 6.07 Å². The molecule has 1 rings (SSSR count). The lowest BCUT2D eigenvalue weighted by molar-refractivity contribution is -0.217. The van der Waals surface area contributed by atoms with E-state index in [0.29, 0.717) is 5.75 Å². The molecule has 0 saturated carbocycles. The quantitative estimate of drug-likeness (QED) is 0.684. The Morgan fingerprint density at radius 1 is 1.20 bits per heavy atom. The summed E-state index contributed by atoms with van der Waals surface area (Å²) < 4.78 is 46.0. The maximum atomic E-state index is 12.2. The van der Waals surface area contributed by atoms with Gasteiger partial charge < -0.3 is 15.2 Å². The fourth-order valence-corrected chi connectivity index (χ4v) is 1.55. The molecule has 0 spiro atoms. The summed E-state index contributed by atoms with van der Waals surface area (Å²) in [5, 5.41) is 0. The molecule has 1 unspecified atom stereocenters. The van der Waals surface area contributed by atoms with Crippen LogP contribution in [0.5, 0.6) is 5.75 Å². The fourth-order valence-electron chi connectivity index (χ4n) is 1.55. The zero-order valence-corrected chi connectivity index (χ0v) is 11.3. The molecule has 0 heterocycles. The second-order valence-corrected chi connectivity index (χ2v) is 4.57. The van der Waals surface area contributed by atoms with Gasteiger partial charge in [-0.2, -0.15) is 13.2 Å². The van der Waals surface area contributed by atoms with Crippen LogP contribution in [-0.2, 0) is 9.53 Å². The SMILES string of the molecule is Cc1cc(C)cc(OC(OC(=O)C(F)(F)F)[C@@H](C)N)c1. The zero-order valence-electron chi connectivity index (χ0n) is 11.3. The van der Waals surface area contributed by atoms with Crippen molar-refractivity contribution in [1.29, 1.82) is 0 Å². The standard InChI is InChI=1S/C13H16F3NO3/c1-7-4-8(2)6-10(5-7)19-11(9(3)17)20-12(18)13(14,15)16/h4-6,9,11H,17H2,1-3H3/t9-,11?/m1/s1. The smallest absolute Gasteiger partial charge is 0.453 e. The average molecular weight is 291 g/mol. The number of ether oxygens (including phenoxy) is 2. The van der Waals surface area contributed by atoms with Crippen LogP contribution in [0.4, 0.5) is 13.2 Å². The molecule has 1 aromatic carbocycles. The minimum atomic E-state index is -5.08. The van der Waals surface area contributed by atoms with Crippen molar-refractivity contribution in [3.8, 4) is 5.75 Å². The van der Waals surface area contributed by atoms with E-state index in [2.05, 4.69) is 4.74 Å². The lowest BCUT2D eigenvalue weighted by atomic mass is 10.1. The minimum absolute atomic E-state index is 0.291. The van der Waals surface area contributed by atoms with Gasteiger partial charge in [0.25, 0.3) is 6.29 Å². The van der Waals surface area contributed by atoms with Crippen LogP contribution >= 0.6 is 0 Å². The molecule has 0 aliphatic carbocycles. The highest BCUT2D eigenvalue weighted by molar-refractivity contribution is 5.75. The molecule has 4 nitrogen and oxygen atoms in total. The van der Waals surface area contributed by atoms with Gasteiger partial charge in [0.15, 0.2) is 0 Å². The van der Waals surface area contributed by atoms with Crippen LogP contribution in [0.15, 0.2) is 18.2 Å². The highest BCUT2D eigenvalue weighted by Gasteiger charge is 2.43. The fraction of sp³-hybridized carbons (Fsp3) is 0.462. The molecular weight excluding hydrogens is 275 g/mol. The number of esters is 1. The molecule has 0 bridgehead atoms. The first-order valence-corrected chi connectivity index (χ1v) is 5.88. The minimum Gasteiger partial charge on any atom is -0.453 e. The Labute approximate surface area is 114 Å². The van der Waals surface area contributed by atoms with Crippen LogP contribution < -0.4 is 10.5 Å². The van der Waals surface area contributed by atoms with Crippen LogP contribution in [0.3, 0.4) is 0 Å². The third-order valence-electron chi connectivity index (χ3n) is 2.33. The van der Waals surface area contributed by atoms with Gasteiger partial charge in [0.05, 0.1) is 6.04 Å². The predicted octanol–water partition coefficient (Wildman–Crippen LogP) is 2.46. The Hall–Kier alpha value is -1.76. The van der Waals surface area contributed by atoms with E-state index in [-0.39, 0.29) is 0 Å². The summed E-state index contributed by atoms with van der Waals surface area (Å²) in [6.45, 7) is 5.00. The van der Waals surface area contributed by atoms with E-state index >= 15 is 0 Å². The molecule has 2 atom stereocenters. The van der Waals surface area contributed by atoms with Gasteiger partial charge in [0.2, 0.25) is 0 Å². The van der Waals surface area contributed by atoms with Crippen molar-refractivity contribution in [1.82, 2.24) is 0 Å². The predicted molar refractivity (Wildman–Crippen MR) is 66.1 cm³/mol. The second-order valence-electron chi connectivity index (χ2n) is 4.57. The molecule has 0 amide bonds. The Morgan fingerprint density at radius 2 is 1.70 bits per heavy atom. The molecule has 0 aromatic heterocycles. The number of aryl methyl sites for hydroxylation is 2. The van der Waals surface area contributed by atoms with E-state index in [1.54, 1.807) is 12.1 Å². The van der Waals surface area contributed by atoms with Crippen molar-refractivity contribution in [3.63, 3.8) is 0 Å². The summed E-state index contributed by atoms with van der Waals surface area (Å²) in [7, 11) is 0. The van der Waals surface area contributed by atoms with Crippen molar-refractivity contribution >= 4 is 5.97 Å². The van der Waals surface area contributed by atoms with Gasteiger partial charge >= 0.3 is 12.1 Å². The highest BCUT2D eigenvalue weighted by atomic mass is 19.4. The molecule has 0 aliphatic heterocycles.